The molecular weight excluding hydrogens is 437 g/mol. The molecule has 2 aliphatic rings. The molecule has 0 aromatic carbocycles. The fraction of sp³-hybridized carbons (Fsp3) is 0.545. The summed E-state index contributed by atoms with van der Waals surface area (Å²) in [6.45, 7) is 5.90. The van der Waals surface area contributed by atoms with E-state index >= 15 is 0 Å². The molecule has 176 valence electrons. The molecule has 0 radical (unpaired) electrons. The van der Waals surface area contributed by atoms with Crippen molar-refractivity contribution >= 4 is 17.0 Å². The topological polar surface area (TPSA) is 78.2 Å². The van der Waals surface area contributed by atoms with Crippen molar-refractivity contribution in [3.8, 4) is 5.75 Å². The molecule has 5 heterocycles. The highest BCUT2D eigenvalue weighted by Gasteiger charge is 2.36. The molecule has 3 aromatic rings. The van der Waals surface area contributed by atoms with Gasteiger partial charge in [0, 0.05) is 31.1 Å². The highest BCUT2D eigenvalue weighted by Crippen LogP contribution is 2.35. The molecule has 0 spiro atoms. The Bertz CT molecular complexity index is 1120. The van der Waals surface area contributed by atoms with Gasteiger partial charge in [-0.2, -0.15) is 18.3 Å². The van der Waals surface area contributed by atoms with Gasteiger partial charge in [-0.05, 0) is 24.5 Å². The van der Waals surface area contributed by atoms with Crippen LogP contribution in [0.15, 0.2) is 30.7 Å². The summed E-state index contributed by atoms with van der Waals surface area (Å²) in [5, 5.41) is 4.42. The lowest BCUT2D eigenvalue weighted by Gasteiger charge is -2.37. The second-order valence-corrected chi connectivity index (χ2v) is 8.94. The second-order valence-electron chi connectivity index (χ2n) is 8.94. The fourth-order valence-corrected chi connectivity index (χ4v) is 4.48. The van der Waals surface area contributed by atoms with Crippen LogP contribution >= 0.6 is 0 Å². The van der Waals surface area contributed by atoms with E-state index in [2.05, 4.69) is 26.9 Å². The van der Waals surface area contributed by atoms with E-state index in [9.17, 15) is 13.2 Å². The molecule has 5 rings (SSSR count). The Balaban J connectivity index is 1.30. The van der Waals surface area contributed by atoms with Gasteiger partial charge in [-0.1, -0.05) is 6.92 Å². The SMILES string of the molecule is C[C@H]1C[C@@H](COc2cccnc2C(F)(F)F)CN(c2cnc3cnn(CC4COC4)c3n2)C1. The van der Waals surface area contributed by atoms with E-state index in [-0.39, 0.29) is 18.3 Å². The van der Waals surface area contributed by atoms with Gasteiger partial charge in [0.05, 0.1) is 38.8 Å². The Morgan fingerprint density at radius 1 is 1.15 bits per heavy atom. The maximum Gasteiger partial charge on any atom is 0.437 e. The molecule has 2 aliphatic heterocycles. The van der Waals surface area contributed by atoms with Gasteiger partial charge in [0.15, 0.2) is 11.3 Å². The van der Waals surface area contributed by atoms with Crippen LogP contribution in [0.3, 0.4) is 0 Å². The Hall–Kier alpha value is -2.95. The van der Waals surface area contributed by atoms with Gasteiger partial charge in [-0.3, -0.25) is 0 Å². The summed E-state index contributed by atoms with van der Waals surface area (Å²) in [6, 6.07) is 2.76. The number of halogens is 3. The van der Waals surface area contributed by atoms with Crippen LogP contribution in [0.2, 0.25) is 0 Å². The number of aromatic nitrogens is 5. The summed E-state index contributed by atoms with van der Waals surface area (Å²) in [5.41, 5.74) is 0.475. The van der Waals surface area contributed by atoms with E-state index in [0.717, 1.165) is 55.9 Å². The van der Waals surface area contributed by atoms with Crippen LogP contribution in [0.25, 0.3) is 11.2 Å². The van der Waals surface area contributed by atoms with Gasteiger partial charge < -0.3 is 14.4 Å². The molecule has 8 nitrogen and oxygen atoms in total. The molecule has 0 N–H and O–H groups in total. The van der Waals surface area contributed by atoms with E-state index in [1.54, 1.807) is 12.4 Å². The molecule has 0 aliphatic carbocycles. The molecule has 2 atom stereocenters. The van der Waals surface area contributed by atoms with Crippen molar-refractivity contribution < 1.29 is 22.6 Å². The zero-order valence-electron chi connectivity index (χ0n) is 18.2. The minimum absolute atomic E-state index is 0.0459. The second kappa shape index (κ2) is 8.77. The van der Waals surface area contributed by atoms with Crippen molar-refractivity contribution in [3.63, 3.8) is 0 Å². The van der Waals surface area contributed by atoms with Gasteiger partial charge >= 0.3 is 6.18 Å². The molecule has 0 amide bonds. The minimum Gasteiger partial charge on any atom is -0.491 e. The average molecular weight is 462 g/mol. The number of piperidine rings is 1. The van der Waals surface area contributed by atoms with Crippen LogP contribution in [0.1, 0.15) is 19.0 Å². The number of rotatable bonds is 6. The van der Waals surface area contributed by atoms with Crippen LogP contribution in [0.4, 0.5) is 19.0 Å². The summed E-state index contributed by atoms with van der Waals surface area (Å²) in [5.74, 6) is 1.31. The Morgan fingerprint density at radius 2 is 2.00 bits per heavy atom. The van der Waals surface area contributed by atoms with Crippen molar-refractivity contribution in [2.75, 3.05) is 37.8 Å². The summed E-state index contributed by atoms with van der Waals surface area (Å²) in [6.07, 6.45) is 0.875. The maximum atomic E-state index is 13.2. The zero-order chi connectivity index (χ0) is 23.0. The van der Waals surface area contributed by atoms with E-state index in [1.165, 1.54) is 12.1 Å². The van der Waals surface area contributed by atoms with Crippen LogP contribution in [-0.4, -0.2) is 57.6 Å². The lowest BCUT2D eigenvalue weighted by Crippen LogP contribution is -2.42. The number of hydrogen-bond donors (Lipinski definition) is 0. The lowest BCUT2D eigenvalue weighted by atomic mass is 9.91. The number of alkyl halides is 3. The first kappa shape index (κ1) is 21.9. The molecule has 0 saturated carbocycles. The zero-order valence-corrected chi connectivity index (χ0v) is 18.2. The number of hydrogen-bond acceptors (Lipinski definition) is 7. The Morgan fingerprint density at radius 3 is 2.76 bits per heavy atom. The highest BCUT2D eigenvalue weighted by atomic mass is 19.4. The monoisotopic (exact) mass is 462 g/mol. The minimum atomic E-state index is -4.55. The van der Waals surface area contributed by atoms with Gasteiger partial charge in [0.25, 0.3) is 0 Å². The molecule has 2 fully saturated rings. The average Bonchev–Trinajstić information content (AvgIpc) is 3.16. The quantitative estimate of drug-likeness (QED) is 0.555. The lowest BCUT2D eigenvalue weighted by molar-refractivity contribution is -0.142. The summed E-state index contributed by atoms with van der Waals surface area (Å²) < 4.78 is 52.4. The number of anilines is 1. The molecular formula is C22H25F3N6O2. The van der Waals surface area contributed by atoms with E-state index < -0.39 is 11.9 Å². The van der Waals surface area contributed by atoms with Crippen molar-refractivity contribution in [3.05, 3.63) is 36.4 Å². The summed E-state index contributed by atoms with van der Waals surface area (Å²) in [7, 11) is 0. The smallest absolute Gasteiger partial charge is 0.437 e. The number of pyridine rings is 1. The molecule has 11 heteroatoms. The molecule has 2 saturated heterocycles. The van der Waals surface area contributed by atoms with Gasteiger partial charge in [0.2, 0.25) is 0 Å². The number of nitrogens with zero attached hydrogens (tertiary/aromatic N) is 6. The third-order valence-corrected chi connectivity index (χ3v) is 6.05. The summed E-state index contributed by atoms with van der Waals surface area (Å²) >= 11 is 0. The number of ether oxygens (including phenoxy) is 2. The fourth-order valence-electron chi connectivity index (χ4n) is 4.48. The van der Waals surface area contributed by atoms with E-state index in [4.69, 9.17) is 14.5 Å². The van der Waals surface area contributed by atoms with Crippen LogP contribution in [0, 0.1) is 17.8 Å². The molecule has 0 unspecified atom stereocenters. The van der Waals surface area contributed by atoms with Crippen molar-refractivity contribution in [1.82, 2.24) is 24.7 Å². The van der Waals surface area contributed by atoms with Crippen LogP contribution in [-0.2, 0) is 17.5 Å². The van der Waals surface area contributed by atoms with Crippen molar-refractivity contribution in [1.29, 1.82) is 0 Å². The normalized spacial score (nSPS) is 21.9. The Labute approximate surface area is 188 Å². The molecule has 3 aromatic heterocycles. The first-order valence-electron chi connectivity index (χ1n) is 11.0. The summed E-state index contributed by atoms with van der Waals surface area (Å²) in [4.78, 5) is 14.9. The first-order chi connectivity index (χ1) is 15.9. The third-order valence-electron chi connectivity index (χ3n) is 6.05. The first-order valence-corrected chi connectivity index (χ1v) is 11.0. The maximum absolute atomic E-state index is 13.2. The van der Waals surface area contributed by atoms with Gasteiger partial charge in [-0.25, -0.2) is 19.6 Å². The largest absolute Gasteiger partial charge is 0.491 e. The molecule has 0 bridgehead atoms. The number of fused-ring (bicyclic) bond motifs is 1. The Kier molecular flexibility index (Phi) is 5.81. The van der Waals surface area contributed by atoms with Crippen LogP contribution < -0.4 is 9.64 Å². The van der Waals surface area contributed by atoms with Crippen molar-refractivity contribution in [2.24, 2.45) is 17.8 Å². The van der Waals surface area contributed by atoms with Crippen molar-refractivity contribution in [2.45, 2.75) is 26.1 Å². The standard InChI is InChI=1S/C22H25F3N6O2/c1-14-5-15(13-33-18-3-2-4-26-20(18)22(23,24)25)9-30(8-14)19-7-27-17-6-28-31(21(17)29-19)10-16-11-32-12-16/h2-4,6-7,14-16H,5,8-13H2,1H3/t14-,15+/m0/s1. The van der Waals surface area contributed by atoms with E-state index in [1.807, 2.05) is 4.68 Å². The predicted octanol–water partition coefficient (Wildman–Crippen LogP) is 3.43. The van der Waals surface area contributed by atoms with E-state index in [0.29, 0.717) is 18.4 Å². The highest BCUT2D eigenvalue weighted by molar-refractivity contribution is 5.71. The van der Waals surface area contributed by atoms with Crippen LogP contribution in [0.5, 0.6) is 5.75 Å². The molecule has 33 heavy (non-hydrogen) atoms. The third kappa shape index (κ3) is 4.73. The van der Waals surface area contributed by atoms with Gasteiger partial charge in [-0.15, -0.1) is 0 Å². The van der Waals surface area contributed by atoms with Gasteiger partial charge in [0.1, 0.15) is 17.1 Å². The predicted molar refractivity (Wildman–Crippen MR) is 114 cm³/mol.